The molecule has 0 fully saturated rings. The van der Waals surface area contributed by atoms with E-state index >= 15 is 0 Å². The molecule has 2 aromatic carbocycles. The van der Waals surface area contributed by atoms with Crippen LogP contribution in [0, 0.1) is 13.8 Å². The molecule has 0 radical (unpaired) electrons. The maximum absolute atomic E-state index is 12.5. The first-order valence-corrected chi connectivity index (χ1v) is 9.14. The van der Waals surface area contributed by atoms with Crippen molar-refractivity contribution in [2.45, 2.75) is 33.7 Å². The summed E-state index contributed by atoms with van der Waals surface area (Å²) in [6, 6.07) is 12.1. The Labute approximate surface area is 151 Å². The van der Waals surface area contributed by atoms with Crippen LogP contribution in [0.5, 0.6) is 5.75 Å². The minimum atomic E-state index is -0.116. The van der Waals surface area contributed by atoms with Gasteiger partial charge in [-0.3, -0.25) is 4.79 Å². The van der Waals surface area contributed by atoms with Gasteiger partial charge in [-0.15, -0.1) is 0 Å². The normalized spacial score (nSPS) is 11.9. The van der Waals surface area contributed by atoms with Crippen LogP contribution in [0.25, 0.3) is 10.2 Å². The van der Waals surface area contributed by atoms with E-state index in [0.29, 0.717) is 6.42 Å². The van der Waals surface area contributed by atoms with Crippen molar-refractivity contribution >= 4 is 27.5 Å². The van der Waals surface area contributed by atoms with Gasteiger partial charge in [-0.25, -0.2) is 0 Å². The van der Waals surface area contributed by atoms with E-state index in [9.17, 15) is 4.79 Å². The number of ether oxygens (including phenoxy) is 1. The summed E-state index contributed by atoms with van der Waals surface area (Å²) < 4.78 is 8.43. The SMILES string of the molecule is CCn1c(=NC(=O)Cc2cc(C)ccc2C)sc2cc(OC)ccc21. The van der Waals surface area contributed by atoms with Crippen molar-refractivity contribution in [2.75, 3.05) is 7.11 Å². The van der Waals surface area contributed by atoms with Crippen molar-refractivity contribution in [3.63, 3.8) is 0 Å². The molecule has 0 saturated carbocycles. The lowest BCUT2D eigenvalue weighted by Gasteiger charge is -2.04. The zero-order valence-electron chi connectivity index (χ0n) is 15.0. The van der Waals surface area contributed by atoms with Gasteiger partial charge in [-0.2, -0.15) is 4.99 Å². The Kier molecular flexibility index (Phi) is 5.04. The second kappa shape index (κ2) is 7.23. The van der Waals surface area contributed by atoms with Crippen LogP contribution in [0.2, 0.25) is 0 Å². The van der Waals surface area contributed by atoms with E-state index in [1.807, 2.05) is 32.0 Å². The lowest BCUT2D eigenvalue weighted by Crippen LogP contribution is -2.16. The lowest BCUT2D eigenvalue weighted by molar-refractivity contribution is -0.117. The average Bonchev–Trinajstić information content (AvgIpc) is 2.93. The minimum Gasteiger partial charge on any atom is -0.497 e. The molecule has 0 unspecified atom stereocenters. The third-order valence-electron chi connectivity index (χ3n) is 4.27. The Morgan fingerprint density at radius 1 is 1.20 bits per heavy atom. The Morgan fingerprint density at radius 3 is 2.72 bits per heavy atom. The van der Waals surface area contributed by atoms with Crippen LogP contribution >= 0.6 is 11.3 Å². The summed E-state index contributed by atoms with van der Waals surface area (Å²) in [5, 5.41) is 0. The molecule has 0 aliphatic heterocycles. The molecular weight excluding hydrogens is 332 g/mol. The highest BCUT2D eigenvalue weighted by atomic mass is 32.1. The summed E-state index contributed by atoms with van der Waals surface area (Å²) in [5.41, 5.74) is 4.40. The van der Waals surface area contributed by atoms with Crippen molar-refractivity contribution in [1.29, 1.82) is 0 Å². The summed E-state index contributed by atoms with van der Waals surface area (Å²) in [6.45, 7) is 6.89. The second-order valence-corrected chi connectivity index (χ2v) is 7.08. The first-order chi connectivity index (χ1) is 12.0. The molecule has 4 nitrogen and oxygen atoms in total. The Balaban J connectivity index is 1.99. The van der Waals surface area contributed by atoms with Gasteiger partial charge in [-0.05, 0) is 50.1 Å². The zero-order valence-corrected chi connectivity index (χ0v) is 15.8. The largest absolute Gasteiger partial charge is 0.497 e. The van der Waals surface area contributed by atoms with Gasteiger partial charge in [0.1, 0.15) is 5.75 Å². The third kappa shape index (κ3) is 3.66. The molecule has 1 heterocycles. The van der Waals surface area contributed by atoms with E-state index in [0.717, 1.165) is 44.0 Å². The highest BCUT2D eigenvalue weighted by Crippen LogP contribution is 2.23. The Morgan fingerprint density at radius 2 is 2.00 bits per heavy atom. The highest BCUT2D eigenvalue weighted by molar-refractivity contribution is 7.16. The molecule has 130 valence electrons. The summed E-state index contributed by atoms with van der Waals surface area (Å²) in [7, 11) is 1.65. The number of carbonyl (C=O) groups excluding carboxylic acids is 1. The molecule has 0 bridgehead atoms. The number of aromatic nitrogens is 1. The monoisotopic (exact) mass is 354 g/mol. The molecule has 1 amide bonds. The molecule has 25 heavy (non-hydrogen) atoms. The number of fused-ring (bicyclic) bond motifs is 1. The number of carbonyl (C=O) groups is 1. The van der Waals surface area contributed by atoms with Crippen LogP contribution in [0.1, 0.15) is 23.6 Å². The van der Waals surface area contributed by atoms with Crippen LogP contribution in [0.15, 0.2) is 41.4 Å². The number of methoxy groups -OCH3 is 1. The molecule has 1 aromatic heterocycles. The first kappa shape index (κ1) is 17.4. The maximum atomic E-state index is 12.5. The molecule has 3 aromatic rings. The standard InChI is InChI=1S/C20H22N2O2S/c1-5-22-17-9-8-16(24-4)12-18(17)25-20(22)21-19(23)11-15-10-13(2)6-7-14(15)3/h6-10,12H,5,11H2,1-4H3. The fraction of sp³-hybridized carbons (Fsp3) is 0.300. The number of amides is 1. The molecular formula is C20H22N2O2S. The molecule has 5 heteroatoms. The van der Waals surface area contributed by atoms with E-state index in [-0.39, 0.29) is 5.91 Å². The van der Waals surface area contributed by atoms with Gasteiger partial charge in [0, 0.05) is 6.54 Å². The van der Waals surface area contributed by atoms with Gasteiger partial charge in [0.15, 0.2) is 4.80 Å². The fourth-order valence-electron chi connectivity index (χ4n) is 2.87. The predicted octanol–water partition coefficient (Wildman–Crippen LogP) is 4.02. The van der Waals surface area contributed by atoms with E-state index in [1.165, 1.54) is 11.3 Å². The number of thiazole rings is 1. The van der Waals surface area contributed by atoms with Crippen molar-refractivity contribution < 1.29 is 9.53 Å². The predicted molar refractivity (Wildman–Crippen MR) is 102 cm³/mol. The number of hydrogen-bond acceptors (Lipinski definition) is 3. The van der Waals surface area contributed by atoms with E-state index in [2.05, 4.69) is 34.7 Å². The van der Waals surface area contributed by atoms with Gasteiger partial charge >= 0.3 is 0 Å². The zero-order chi connectivity index (χ0) is 18.0. The van der Waals surface area contributed by atoms with Crippen molar-refractivity contribution in [3.05, 3.63) is 57.9 Å². The summed E-state index contributed by atoms with van der Waals surface area (Å²) >= 11 is 1.52. The minimum absolute atomic E-state index is 0.116. The lowest BCUT2D eigenvalue weighted by atomic mass is 10.0. The fourth-order valence-corrected chi connectivity index (χ4v) is 4.01. The third-order valence-corrected chi connectivity index (χ3v) is 5.31. The summed E-state index contributed by atoms with van der Waals surface area (Å²) in [6.07, 6.45) is 0.328. The quantitative estimate of drug-likeness (QED) is 0.710. The Bertz CT molecular complexity index is 999. The number of rotatable bonds is 4. The number of hydrogen-bond donors (Lipinski definition) is 0. The molecule has 0 spiro atoms. The molecule has 0 aliphatic carbocycles. The Hall–Kier alpha value is -2.40. The van der Waals surface area contributed by atoms with Crippen LogP contribution in [0.4, 0.5) is 0 Å². The van der Waals surface area contributed by atoms with Crippen LogP contribution in [-0.4, -0.2) is 17.6 Å². The van der Waals surface area contributed by atoms with Crippen molar-refractivity contribution in [3.8, 4) is 5.75 Å². The molecule has 3 rings (SSSR count). The maximum Gasteiger partial charge on any atom is 0.252 e. The number of nitrogens with zero attached hydrogens (tertiary/aromatic N) is 2. The molecule has 0 aliphatic rings. The van der Waals surface area contributed by atoms with E-state index in [4.69, 9.17) is 4.74 Å². The smallest absolute Gasteiger partial charge is 0.252 e. The molecule has 0 atom stereocenters. The van der Waals surface area contributed by atoms with E-state index < -0.39 is 0 Å². The first-order valence-electron chi connectivity index (χ1n) is 8.33. The number of benzene rings is 2. The molecule has 0 N–H and O–H groups in total. The van der Waals surface area contributed by atoms with Gasteiger partial charge in [-0.1, -0.05) is 35.1 Å². The van der Waals surface area contributed by atoms with Gasteiger partial charge in [0.05, 0.1) is 23.7 Å². The highest BCUT2D eigenvalue weighted by Gasteiger charge is 2.09. The number of aryl methyl sites for hydroxylation is 3. The van der Waals surface area contributed by atoms with E-state index in [1.54, 1.807) is 7.11 Å². The summed E-state index contributed by atoms with van der Waals surface area (Å²) in [4.78, 5) is 17.6. The van der Waals surface area contributed by atoms with Crippen LogP contribution in [0.3, 0.4) is 0 Å². The van der Waals surface area contributed by atoms with Crippen LogP contribution < -0.4 is 9.54 Å². The van der Waals surface area contributed by atoms with Crippen molar-refractivity contribution in [1.82, 2.24) is 4.57 Å². The summed E-state index contributed by atoms with van der Waals surface area (Å²) in [5.74, 6) is 0.694. The van der Waals surface area contributed by atoms with Gasteiger partial charge in [0.2, 0.25) is 0 Å². The van der Waals surface area contributed by atoms with Crippen LogP contribution in [-0.2, 0) is 17.8 Å². The average molecular weight is 354 g/mol. The molecule has 0 saturated heterocycles. The second-order valence-electron chi connectivity index (χ2n) is 6.07. The van der Waals surface area contributed by atoms with Gasteiger partial charge in [0.25, 0.3) is 5.91 Å². The van der Waals surface area contributed by atoms with Crippen molar-refractivity contribution in [2.24, 2.45) is 4.99 Å². The topological polar surface area (TPSA) is 43.6 Å². The van der Waals surface area contributed by atoms with Gasteiger partial charge < -0.3 is 9.30 Å².